The average molecular weight is 522 g/mol. The first-order valence-electron chi connectivity index (χ1n) is 8.17. The molecule has 1 aromatic heterocycles. The van der Waals surface area contributed by atoms with Gasteiger partial charge in [-0.2, -0.15) is 8.42 Å². The number of amides is 3. The van der Waals surface area contributed by atoms with Gasteiger partial charge in [0.05, 0.1) is 0 Å². The zero-order valence-electron chi connectivity index (χ0n) is 17.9. The molecule has 32 heavy (non-hydrogen) atoms. The second-order valence-electron chi connectivity index (χ2n) is 5.78. The van der Waals surface area contributed by atoms with Gasteiger partial charge in [0.15, 0.2) is 10.8 Å². The van der Waals surface area contributed by atoms with Crippen LogP contribution in [0.3, 0.4) is 0 Å². The number of carbonyl (C=O) groups is 4. The number of halogens is 1. The Labute approximate surface area is 214 Å². The fourth-order valence-corrected chi connectivity index (χ4v) is 4.07. The Hall–Kier alpha value is -1.82. The second-order valence-corrected chi connectivity index (χ2v) is 8.19. The molecule has 18 heteroatoms. The van der Waals surface area contributed by atoms with Crippen LogP contribution in [0.4, 0.5) is 5.13 Å². The van der Waals surface area contributed by atoms with Crippen LogP contribution in [0.15, 0.2) is 10.5 Å². The molecule has 2 rings (SSSR count). The summed E-state index contributed by atoms with van der Waals surface area (Å²) in [5.74, 6) is -3.75. The molecule has 0 aliphatic carbocycles. The van der Waals surface area contributed by atoms with E-state index in [1.165, 1.54) is 5.38 Å². The third kappa shape index (κ3) is 6.84. The number of esters is 1. The molecule has 1 aliphatic rings. The number of β-lactam (4-membered cyclic amide) rings is 1. The molecule has 14 nitrogen and oxygen atoms in total. The standard InChI is InChI=1S/C14H16ClN5O9S2.Na.H/c1-6(21)29-4-8-11(13(24)20(8)31(25,26)27)18-12(23)10(19-28-2)7-5-30-14(16-7)17-9(22)3-15;;/h5,8,11H,3-4H2,1-2H3,(H,18,23)(H,16,17,22)(H,25,26,27);;/q;+1;-1/b19-10+;;. The van der Waals surface area contributed by atoms with E-state index < -0.39 is 58.4 Å². The van der Waals surface area contributed by atoms with Gasteiger partial charge in [0.25, 0.3) is 11.8 Å². The zero-order chi connectivity index (χ0) is 23.3. The Balaban J connectivity index is 0.00000512. The van der Waals surface area contributed by atoms with Gasteiger partial charge >= 0.3 is 45.8 Å². The molecule has 1 aliphatic heterocycles. The van der Waals surface area contributed by atoms with Crippen molar-refractivity contribution in [3.63, 3.8) is 0 Å². The summed E-state index contributed by atoms with van der Waals surface area (Å²) in [6, 6.07) is -2.84. The SMILES string of the molecule is CO/N=C(/C(=O)NC1C(=O)N(S(=O)(=O)O)C1COC(C)=O)c1csc(NC(=O)CCl)n1.[H-].[Na+]. The summed E-state index contributed by atoms with van der Waals surface area (Å²) >= 11 is 6.35. The summed E-state index contributed by atoms with van der Waals surface area (Å²) in [4.78, 5) is 55.8. The maximum absolute atomic E-state index is 12.7. The topological polar surface area (TPSA) is 194 Å². The molecule has 2 heterocycles. The van der Waals surface area contributed by atoms with E-state index in [2.05, 4.69) is 25.6 Å². The van der Waals surface area contributed by atoms with Gasteiger partial charge in [-0.05, 0) is 0 Å². The number of thiazole rings is 1. The van der Waals surface area contributed by atoms with Crippen molar-refractivity contribution in [2.75, 3.05) is 24.9 Å². The van der Waals surface area contributed by atoms with E-state index in [9.17, 15) is 32.1 Å². The molecule has 3 amide bonds. The van der Waals surface area contributed by atoms with Gasteiger partial charge < -0.3 is 21.6 Å². The summed E-state index contributed by atoms with van der Waals surface area (Å²) in [6.07, 6.45) is 0. The maximum atomic E-state index is 12.7. The summed E-state index contributed by atoms with van der Waals surface area (Å²) in [6.45, 7) is 0.450. The molecule has 0 aromatic carbocycles. The Kier molecular flexibility index (Phi) is 10.5. The van der Waals surface area contributed by atoms with Crippen LogP contribution >= 0.6 is 22.9 Å². The first-order chi connectivity index (χ1) is 14.5. The number of nitrogens with one attached hydrogen (secondary N) is 2. The van der Waals surface area contributed by atoms with Crippen molar-refractivity contribution in [2.24, 2.45) is 5.16 Å². The van der Waals surface area contributed by atoms with Crippen molar-refractivity contribution in [1.82, 2.24) is 14.6 Å². The number of anilines is 1. The molecule has 1 fully saturated rings. The molecule has 0 saturated carbocycles. The van der Waals surface area contributed by atoms with E-state index in [0.717, 1.165) is 25.4 Å². The van der Waals surface area contributed by atoms with E-state index in [0.29, 0.717) is 0 Å². The van der Waals surface area contributed by atoms with Crippen molar-refractivity contribution in [3.05, 3.63) is 11.1 Å². The molecule has 3 N–H and O–H groups in total. The minimum Gasteiger partial charge on any atom is -1.00 e. The molecule has 0 spiro atoms. The third-order valence-electron chi connectivity index (χ3n) is 3.67. The molecule has 172 valence electrons. The third-order valence-corrected chi connectivity index (χ3v) is 5.62. The second kappa shape index (κ2) is 11.9. The van der Waals surface area contributed by atoms with Crippen LogP contribution in [-0.4, -0.2) is 83.3 Å². The first kappa shape index (κ1) is 28.2. The molecule has 1 saturated heterocycles. The first-order valence-corrected chi connectivity index (χ1v) is 11.0. The van der Waals surface area contributed by atoms with Gasteiger partial charge in [0, 0.05) is 12.3 Å². The fraction of sp³-hybridized carbons (Fsp3) is 0.429. The van der Waals surface area contributed by atoms with Crippen LogP contribution < -0.4 is 40.2 Å². The van der Waals surface area contributed by atoms with Crippen molar-refractivity contribution in [2.45, 2.75) is 19.0 Å². The molecular weight excluding hydrogens is 505 g/mol. The van der Waals surface area contributed by atoms with E-state index >= 15 is 0 Å². The number of aromatic nitrogens is 1. The van der Waals surface area contributed by atoms with Crippen LogP contribution in [-0.2, 0) is 39.1 Å². The van der Waals surface area contributed by atoms with Crippen molar-refractivity contribution in [1.29, 1.82) is 0 Å². The summed E-state index contributed by atoms with van der Waals surface area (Å²) in [7, 11) is -3.80. The number of alkyl halides is 1. The van der Waals surface area contributed by atoms with Gasteiger partial charge in [-0.1, -0.05) is 5.16 Å². The number of ether oxygens (including phenoxy) is 1. The molecule has 2 unspecified atom stereocenters. The minimum absolute atomic E-state index is 0. The van der Waals surface area contributed by atoms with E-state index in [1.54, 1.807) is 0 Å². The Bertz CT molecular complexity index is 1040. The Morgan fingerprint density at radius 1 is 1.44 bits per heavy atom. The van der Waals surface area contributed by atoms with Gasteiger partial charge in [0.2, 0.25) is 5.91 Å². The molecule has 0 radical (unpaired) electrons. The number of carbonyl (C=O) groups excluding carboxylic acids is 4. The summed E-state index contributed by atoms with van der Waals surface area (Å²) in [5.41, 5.74) is -0.418. The molecule has 1 aromatic rings. The minimum atomic E-state index is -4.95. The van der Waals surface area contributed by atoms with Gasteiger partial charge in [0.1, 0.15) is 37.4 Å². The average Bonchev–Trinajstić information content (AvgIpc) is 3.13. The predicted molar refractivity (Wildman–Crippen MR) is 107 cm³/mol. The quantitative estimate of drug-likeness (QED) is 0.0546. The van der Waals surface area contributed by atoms with Crippen LogP contribution in [0.2, 0.25) is 0 Å². The number of oxime groups is 1. The largest absolute Gasteiger partial charge is 1.00 e. The zero-order valence-corrected chi connectivity index (χ0v) is 21.3. The Morgan fingerprint density at radius 2 is 2.09 bits per heavy atom. The maximum Gasteiger partial charge on any atom is 1.00 e. The number of hydrogen-bond donors (Lipinski definition) is 3. The molecule has 2 atom stereocenters. The van der Waals surface area contributed by atoms with E-state index in [-0.39, 0.29) is 52.0 Å². The monoisotopic (exact) mass is 521 g/mol. The van der Waals surface area contributed by atoms with Gasteiger partial charge in [-0.3, -0.25) is 23.7 Å². The van der Waals surface area contributed by atoms with Gasteiger partial charge in [-0.25, -0.2) is 9.29 Å². The van der Waals surface area contributed by atoms with Crippen LogP contribution in [0.25, 0.3) is 0 Å². The Morgan fingerprint density at radius 3 is 2.62 bits per heavy atom. The number of nitrogens with zero attached hydrogens (tertiary/aromatic N) is 3. The van der Waals surface area contributed by atoms with Crippen LogP contribution in [0.1, 0.15) is 14.0 Å². The van der Waals surface area contributed by atoms with Crippen molar-refractivity contribution < 1.29 is 72.7 Å². The van der Waals surface area contributed by atoms with E-state index in [4.69, 9.17) is 16.3 Å². The number of hydrogen-bond acceptors (Lipinski definition) is 11. The summed E-state index contributed by atoms with van der Waals surface area (Å²) in [5, 5.41) is 9.64. The fourth-order valence-electron chi connectivity index (χ4n) is 2.43. The van der Waals surface area contributed by atoms with Crippen LogP contribution in [0.5, 0.6) is 0 Å². The van der Waals surface area contributed by atoms with Crippen molar-refractivity contribution in [3.8, 4) is 0 Å². The molecule has 0 bridgehead atoms. The van der Waals surface area contributed by atoms with Crippen molar-refractivity contribution >= 4 is 67.8 Å². The molecular formula is C14H17ClN5NaO9S2. The van der Waals surface area contributed by atoms with Gasteiger partial charge in [-0.15, -0.1) is 22.9 Å². The van der Waals surface area contributed by atoms with E-state index in [1.807, 2.05) is 0 Å². The normalized spacial score (nSPS) is 18.2. The predicted octanol–water partition coefficient (Wildman–Crippen LogP) is -4.15. The smallest absolute Gasteiger partial charge is 1.00 e. The number of rotatable bonds is 9. The van der Waals surface area contributed by atoms with Crippen LogP contribution in [0, 0.1) is 0 Å². The summed E-state index contributed by atoms with van der Waals surface area (Å²) < 4.78 is 36.8.